The summed E-state index contributed by atoms with van der Waals surface area (Å²) in [5, 5.41) is 3.65. The Kier molecular flexibility index (Phi) is 3.72. The van der Waals surface area contributed by atoms with Gasteiger partial charge in [0.15, 0.2) is 0 Å². The first-order chi connectivity index (χ1) is 9.17. The fourth-order valence-electron chi connectivity index (χ4n) is 3.07. The van der Waals surface area contributed by atoms with Crippen molar-refractivity contribution in [3.05, 3.63) is 22.7 Å². The van der Waals surface area contributed by atoms with E-state index < -0.39 is 0 Å². The van der Waals surface area contributed by atoms with Crippen LogP contribution < -0.4 is 10.1 Å². The van der Waals surface area contributed by atoms with Gasteiger partial charge in [-0.05, 0) is 60.3 Å². The minimum Gasteiger partial charge on any atom is -0.496 e. The minimum absolute atomic E-state index is 0.566. The molecule has 104 valence electrons. The van der Waals surface area contributed by atoms with Crippen molar-refractivity contribution in [1.29, 1.82) is 0 Å². The Hall–Kier alpha value is -0.740. The molecule has 3 rings (SSSR count). The maximum atomic E-state index is 5.26. The Bertz CT molecular complexity index is 461. The van der Waals surface area contributed by atoms with Gasteiger partial charge in [0.1, 0.15) is 5.75 Å². The Morgan fingerprint density at radius 2 is 2.16 bits per heavy atom. The summed E-state index contributed by atoms with van der Waals surface area (Å²) in [6.07, 6.45) is 4.02. The third-order valence-corrected chi connectivity index (χ3v) is 4.78. The molecule has 19 heavy (non-hydrogen) atoms. The quantitative estimate of drug-likeness (QED) is 0.917. The van der Waals surface area contributed by atoms with E-state index in [1.54, 1.807) is 7.11 Å². The van der Waals surface area contributed by atoms with Crippen LogP contribution in [0.4, 0.5) is 5.69 Å². The zero-order chi connectivity index (χ0) is 13.4. The van der Waals surface area contributed by atoms with Gasteiger partial charge in [0.2, 0.25) is 0 Å². The monoisotopic (exact) mass is 324 g/mol. The van der Waals surface area contributed by atoms with Crippen molar-refractivity contribution in [3.63, 3.8) is 0 Å². The Balaban J connectivity index is 1.64. The number of methoxy groups -OCH3 is 1. The summed E-state index contributed by atoms with van der Waals surface area (Å²) in [6, 6.07) is 8.34. The van der Waals surface area contributed by atoms with Crippen LogP contribution in [0.25, 0.3) is 0 Å². The molecule has 1 aromatic carbocycles. The molecule has 0 aromatic heterocycles. The van der Waals surface area contributed by atoms with Crippen LogP contribution in [0.5, 0.6) is 5.75 Å². The third kappa shape index (κ3) is 2.90. The van der Waals surface area contributed by atoms with Crippen LogP contribution in [0.2, 0.25) is 0 Å². The Labute approximate surface area is 123 Å². The van der Waals surface area contributed by atoms with Crippen molar-refractivity contribution >= 4 is 21.6 Å². The number of likely N-dealkylation sites (tertiary alicyclic amines) is 1. The number of rotatable bonds is 4. The molecule has 4 heteroatoms. The molecule has 0 bridgehead atoms. The highest BCUT2D eigenvalue weighted by Crippen LogP contribution is 2.34. The summed E-state index contributed by atoms with van der Waals surface area (Å²) in [5.41, 5.74) is 1.17. The summed E-state index contributed by atoms with van der Waals surface area (Å²) in [7, 11) is 1.69. The lowest BCUT2D eigenvalue weighted by Gasteiger charge is -2.20. The van der Waals surface area contributed by atoms with E-state index in [0.29, 0.717) is 12.1 Å². The van der Waals surface area contributed by atoms with Crippen molar-refractivity contribution in [2.45, 2.75) is 44.3 Å². The zero-order valence-electron chi connectivity index (χ0n) is 11.5. The smallest absolute Gasteiger partial charge is 0.133 e. The molecule has 0 amide bonds. The zero-order valence-corrected chi connectivity index (χ0v) is 13.1. The van der Waals surface area contributed by atoms with Crippen molar-refractivity contribution in [2.24, 2.45) is 0 Å². The molecule has 0 spiro atoms. The second-order valence-corrected chi connectivity index (χ2v) is 6.56. The summed E-state index contributed by atoms with van der Waals surface area (Å²) in [4.78, 5) is 2.66. The molecule has 2 unspecified atom stereocenters. The van der Waals surface area contributed by atoms with E-state index in [-0.39, 0.29) is 0 Å². The van der Waals surface area contributed by atoms with Crippen molar-refractivity contribution in [3.8, 4) is 5.75 Å². The van der Waals surface area contributed by atoms with Gasteiger partial charge in [-0.3, -0.25) is 4.90 Å². The molecule has 1 saturated carbocycles. The van der Waals surface area contributed by atoms with Gasteiger partial charge in [-0.25, -0.2) is 0 Å². The van der Waals surface area contributed by atoms with Crippen LogP contribution in [0, 0.1) is 0 Å². The summed E-state index contributed by atoms with van der Waals surface area (Å²) in [6.45, 7) is 3.53. The lowest BCUT2D eigenvalue weighted by Crippen LogP contribution is -2.30. The lowest BCUT2D eigenvalue weighted by molar-refractivity contribution is 0.257. The Morgan fingerprint density at radius 3 is 2.79 bits per heavy atom. The summed E-state index contributed by atoms with van der Waals surface area (Å²) >= 11 is 3.54. The first-order valence-electron chi connectivity index (χ1n) is 7.03. The summed E-state index contributed by atoms with van der Waals surface area (Å²) in [5.74, 6) is 0.880. The average molecular weight is 325 g/mol. The van der Waals surface area contributed by atoms with E-state index in [9.17, 15) is 0 Å². The molecule has 1 saturated heterocycles. The van der Waals surface area contributed by atoms with Crippen LogP contribution in [0.1, 0.15) is 26.2 Å². The van der Waals surface area contributed by atoms with Crippen LogP contribution in [-0.2, 0) is 0 Å². The summed E-state index contributed by atoms with van der Waals surface area (Å²) < 4.78 is 6.27. The van der Waals surface area contributed by atoms with Gasteiger partial charge >= 0.3 is 0 Å². The molecular weight excluding hydrogens is 304 g/mol. The molecule has 0 radical (unpaired) electrons. The van der Waals surface area contributed by atoms with Crippen molar-refractivity contribution in [1.82, 2.24) is 4.90 Å². The number of nitrogens with zero attached hydrogens (tertiary/aromatic N) is 1. The number of halogens is 1. The largest absolute Gasteiger partial charge is 0.496 e. The van der Waals surface area contributed by atoms with Gasteiger partial charge in [-0.2, -0.15) is 0 Å². The van der Waals surface area contributed by atoms with Crippen LogP contribution in [0.3, 0.4) is 0 Å². The number of hydrogen-bond acceptors (Lipinski definition) is 3. The SMILES string of the molecule is COc1ccc(NC2CC(C)N(C3CC3)C2)cc1Br. The normalized spacial score (nSPS) is 27.5. The highest BCUT2D eigenvalue weighted by Gasteiger charge is 2.38. The average Bonchev–Trinajstić information content (AvgIpc) is 3.15. The molecule has 1 N–H and O–H groups in total. The van der Waals surface area contributed by atoms with E-state index in [0.717, 1.165) is 16.3 Å². The fourth-order valence-corrected chi connectivity index (χ4v) is 3.61. The number of hydrogen-bond donors (Lipinski definition) is 1. The highest BCUT2D eigenvalue weighted by atomic mass is 79.9. The molecule has 2 aliphatic rings. The molecule has 2 fully saturated rings. The van der Waals surface area contributed by atoms with Crippen molar-refractivity contribution in [2.75, 3.05) is 19.0 Å². The highest BCUT2D eigenvalue weighted by molar-refractivity contribution is 9.10. The molecule has 1 aliphatic carbocycles. The van der Waals surface area contributed by atoms with E-state index in [1.807, 2.05) is 6.07 Å². The molecule has 1 aliphatic heterocycles. The first kappa shape index (κ1) is 13.3. The molecular formula is C15H21BrN2O. The molecule has 2 atom stereocenters. The number of nitrogens with one attached hydrogen (secondary N) is 1. The molecule has 1 heterocycles. The minimum atomic E-state index is 0.566. The van der Waals surface area contributed by atoms with Gasteiger partial charge in [0, 0.05) is 30.4 Å². The Morgan fingerprint density at radius 1 is 1.37 bits per heavy atom. The maximum absolute atomic E-state index is 5.26. The van der Waals surface area contributed by atoms with Crippen LogP contribution in [0.15, 0.2) is 22.7 Å². The van der Waals surface area contributed by atoms with E-state index >= 15 is 0 Å². The van der Waals surface area contributed by atoms with Crippen molar-refractivity contribution < 1.29 is 4.74 Å². The van der Waals surface area contributed by atoms with E-state index in [1.165, 1.54) is 31.5 Å². The standard InChI is InChI=1S/C15H21BrN2O/c1-10-7-12(9-18(10)13-4-5-13)17-11-3-6-15(19-2)14(16)8-11/h3,6,8,10,12-13,17H,4-5,7,9H2,1-2H3. The molecule has 1 aromatic rings. The van der Waals surface area contributed by atoms with Gasteiger partial charge in [0.05, 0.1) is 11.6 Å². The van der Waals surface area contributed by atoms with Gasteiger partial charge < -0.3 is 10.1 Å². The van der Waals surface area contributed by atoms with Gasteiger partial charge in [-0.1, -0.05) is 0 Å². The number of ether oxygens (including phenoxy) is 1. The molecule has 3 nitrogen and oxygen atoms in total. The predicted molar refractivity (Wildman–Crippen MR) is 81.9 cm³/mol. The second-order valence-electron chi connectivity index (χ2n) is 5.70. The van der Waals surface area contributed by atoms with Crippen LogP contribution in [-0.4, -0.2) is 36.7 Å². The van der Waals surface area contributed by atoms with E-state index in [2.05, 4.69) is 45.2 Å². The topological polar surface area (TPSA) is 24.5 Å². The third-order valence-electron chi connectivity index (χ3n) is 4.16. The first-order valence-corrected chi connectivity index (χ1v) is 7.82. The van der Waals surface area contributed by atoms with Crippen LogP contribution >= 0.6 is 15.9 Å². The van der Waals surface area contributed by atoms with Gasteiger partial charge in [-0.15, -0.1) is 0 Å². The predicted octanol–water partition coefficient (Wildman–Crippen LogP) is 3.49. The lowest BCUT2D eigenvalue weighted by atomic mass is 10.2. The number of benzene rings is 1. The number of anilines is 1. The fraction of sp³-hybridized carbons (Fsp3) is 0.600. The maximum Gasteiger partial charge on any atom is 0.133 e. The second kappa shape index (κ2) is 5.33. The van der Waals surface area contributed by atoms with Gasteiger partial charge in [0.25, 0.3) is 0 Å². The van der Waals surface area contributed by atoms with E-state index in [4.69, 9.17) is 4.74 Å².